The molecule has 0 heterocycles. The topological polar surface area (TPSA) is 26.3 Å². The molecule has 105 valence electrons. The van der Waals surface area contributed by atoms with E-state index in [1.54, 1.807) is 0 Å². The SMILES string of the molecule is [CH2]CCCCCCCCC(=O)OCC1CCCC1. The summed E-state index contributed by atoms with van der Waals surface area (Å²) in [7, 11) is 0. The molecule has 0 N–H and O–H groups in total. The number of unbranched alkanes of at least 4 members (excludes halogenated alkanes) is 6. The van der Waals surface area contributed by atoms with E-state index >= 15 is 0 Å². The standard InChI is InChI=1S/C16H29O2/c1-2-3-4-5-6-7-8-13-16(17)18-14-15-11-9-10-12-15/h15H,1-14H2. The highest BCUT2D eigenvalue weighted by molar-refractivity contribution is 5.69. The van der Waals surface area contributed by atoms with E-state index in [1.807, 2.05) is 0 Å². The summed E-state index contributed by atoms with van der Waals surface area (Å²) in [5.74, 6) is 0.663. The molecule has 18 heavy (non-hydrogen) atoms. The molecule has 2 nitrogen and oxygen atoms in total. The van der Waals surface area contributed by atoms with E-state index < -0.39 is 0 Å². The molecule has 0 spiro atoms. The number of hydrogen-bond acceptors (Lipinski definition) is 2. The van der Waals surface area contributed by atoms with Gasteiger partial charge in [-0.25, -0.2) is 0 Å². The minimum atomic E-state index is 0.0136. The fraction of sp³-hybridized carbons (Fsp3) is 0.875. The Balaban J connectivity index is 1.84. The molecule has 0 unspecified atom stereocenters. The highest BCUT2D eigenvalue weighted by Crippen LogP contribution is 2.24. The van der Waals surface area contributed by atoms with Gasteiger partial charge in [0.2, 0.25) is 0 Å². The van der Waals surface area contributed by atoms with Gasteiger partial charge in [-0.15, -0.1) is 0 Å². The van der Waals surface area contributed by atoms with E-state index in [0.717, 1.165) is 19.3 Å². The molecule has 0 aromatic carbocycles. The van der Waals surface area contributed by atoms with Gasteiger partial charge in [0.05, 0.1) is 6.61 Å². The maximum atomic E-state index is 11.5. The molecule has 1 radical (unpaired) electrons. The number of esters is 1. The summed E-state index contributed by atoms with van der Waals surface area (Å²) in [5, 5.41) is 0. The number of hydrogen-bond donors (Lipinski definition) is 0. The summed E-state index contributed by atoms with van der Waals surface area (Å²) >= 11 is 0. The largest absolute Gasteiger partial charge is 0.465 e. The van der Waals surface area contributed by atoms with Crippen LogP contribution >= 0.6 is 0 Å². The maximum Gasteiger partial charge on any atom is 0.305 e. The van der Waals surface area contributed by atoms with Crippen molar-refractivity contribution in [3.05, 3.63) is 6.92 Å². The van der Waals surface area contributed by atoms with Gasteiger partial charge in [-0.2, -0.15) is 0 Å². The van der Waals surface area contributed by atoms with Crippen molar-refractivity contribution in [2.45, 2.75) is 77.0 Å². The predicted octanol–water partition coefficient (Wildman–Crippen LogP) is 4.67. The van der Waals surface area contributed by atoms with Gasteiger partial charge in [0.1, 0.15) is 0 Å². The van der Waals surface area contributed by atoms with E-state index in [-0.39, 0.29) is 5.97 Å². The van der Waals surface area contributed by atoms with E-state index in [4.69, 9.17) is 4.74 Å². The molecule has 1 aliphatic rings. The van der Waals surface area contributed by atoms with Crippen molar-refractivity contribution in [3.8, 4) is 0 Å². The van der Waals surface area contributed by atoms with Crippen LogP contribution in [0.3, 0.4) is 0 Å². The van der Waals surface area contributed by atoms with Crippen molar-refractivity contribution in [2.24, 2.45) is 5.92 Å². The minimum absolute atomic E-state index is 0.0136. The lowest BCUT2D eigenvalue weighted by molar-refractivity contribution is -0.145. The van der Waals surface area contributed by atoms with Crippen LogP contribution in [0.4, 0.5) is 0 Å². The first kappa shape index (κ1) is 15.5. The molecule has 0 atom stereocenters. The lowest BCUT2D eigenvalue weighted by atomic mass is 10.1. The maximum absolute atomic E-state index is 11.5. The summed E-state index contributed by atoms with van der Waals surface area (Å²) < 4.78 is 5.32. The molecule has 1 saturated carbocycles. The monoisotopic (exact) mass is 253 g/mol. The van der Waals surface area contributed by atoms with Crippen LogP contribution in [-0.2, 0) is 9.53 Å². The van der Waals surface area contributed by atoms with Crippen molar-refractivity contribution in [1.82, 2.24) is 0 Å². The van der Waals surface area contributed by atoms with Gasteiger partial charge in [0, 0.05) is 6.42 Å². The van der Waals surface area contributed by atoms with Crippen molar-refractivity contribution in [1.29, 1.82) is 0 Å². The molecule has 0 aromatic rings. The van der Waals surface area contributed by atoms with Crippen molar-refractivity contribution in [3.63, 3.8) is 0 Å². The molecule has 1 rings (SSSR count). The molecule has 1 aliphatic carbocycles. The van der Waals surface area contributed by atoms with Crippen LogP contribution < -0.4 is 0 Å². The Morgan fingerprint density at radius 3 is 2.28 bits per heavy atom. The first-order chi connectivity index (χ1) is 8.83. The summed E-state index contributed by atoms with van der Waals surface area (Å²) in [5.41, 5.74) is 0. The second kappa shape index (κ2) is 10.4. The average molecular weight is 253 g/mol. The second-order valence-corrected chi connectivity index (χ2v) is 5.56. The van der Waals surface area contributed by atoms with Crippen molar-refractivity contribution >= 4 is 5.97 Å². The van der Waals surface area contributed by atoms with Crippen molar-refractivity contribution < 1.29 is 9.53 Å². The molecular weight excluding hydrogens is 224 g/mol. The zero-order valence-corrected chi connectivity index (χ0v) is 11.8. The van der Waals surface area contributed by atoms with Gasteiger partial charge < -0.3 is 4.74 Å². The average Bonchev–Trinajstić information content (AvgIpc) is 2.88. The van der Waals surface area contributed by atoms with Crippen LogP contribution in [0.5, 0.6) is 0 Å². The van der Waals surface area contributed by atoms with Crippen LogP contribution in [0, 0.1) is 12.8 Å². The zero-order valence-electron chi connectivity index (χ0n) is 11.8. The second-order valence-electron chi connectivity index (χ2n) is 5.56. The number of rotatable bonds is 10. The van der Waals surface area contributed by atoms with E-state index in [1.165, 1.54) is 51.4 Å². The lowest BCUT2D eigenvalue weighted by Gasteiger charge is -2.09. The third kappa shape index (κ3) is 7.73. The Morgan fingerprint density at radius 2 is 1.61 bits per heavy atom. The molecule has 0 amide bonds. The number of carbonyl (C=O) groups excluding carboxylic acids is 1. The predicted molar refractivity (Wildman–Crippen MR) is 75.2 cm³/mol. The summed E-state index contributed by atoms with van der Waals surface area (Å²) in [6.07, 6.45) is 14.0. The molecule has 0 aromatic heterocycles. The van der Waals surface area contributed by atoms with E-state index in [2.05, 4.69) is 6.92 Å². The third-order valence-electron chi connectivity index (χ3n) is 3.84. The Kier molecular flexibility index (Phi) is 8.97. The quantitative estimate of drug-likeness (QED) is 0.417. The summed E-state index contributed by atoms with van der Waals surface area (Å²) in [4.78, 5) is 11.5. The van der Waals surface area contributed by atoms with Gasteiger partial charge in [0.15, 0.2) is 0 Å². The summed E-state index contributed by atoms with van der Waals surface area (Å²) in [6.45, 7) is 4.50. The first-order valence-corrected chi connectivity index (χ1v) is 7.78. The van der Waals surface area contributed by atoms with Crippen LogP contribution in [0.15, 0.2) is 0 Å². The van der Waals surface area contributed by atoms with E-state index in [9.17, 15) is 4.79 Å². The van der Waals surface area contributed by atoms with Gasteiger partial charge in [-0.3, -0.25) is 4.79 Å². The first-order valence-electron chi connectivity index (χ1n) is 7.78. The van der Waals surface area contributed by atoms with Crippen LogP contribution in [-0.4, -0.2) is 12.6 Å². The lowest BCUT2D eigenvalue weighted by Crippen LogP contribution is -2.11. The third-order valence-corrected chi connectivity index (χ3v) is 3.84. The summed E-state index contributed by atoms with van der Waals surface area (Å²) in [6, 6.07) is 0. The van der Waals surface area contributed by atoms with Gasteiger partial charge >= 0.3 is 5.97 Å². The van der Waals surface area contributed by atoms with Crippen LogP contribution in [0.1, 0.15) is 77.0 Å². The van der Waals surface area contributed by atoms with Crippen LogP contribution in [0.25, 0.3) is 0 Å². The van der Waals surface area contributed by atoms with Crippen LogP contribution in [0.2, 0.25) is 0 Å². The molecule has 0 bridgehead atoms. The molecule has 2 heteroatoms. The van der Waals surface area contributed by atoms with Gasteiger partial charge in [-0.05, 0) is 25.2 Å². The Labute approximate surface area is 112 Å². The van der Waals surface area contributed by atoms with Gasteiger partial charge in [-0.1, -0.05) is 58.3 Å². The number of ether oxygens (including phenoxy) is 1. The smallest absolute Gasteiger partial charge is 0.305 e. The molecule has 0 aliphatic heterocycles. The Hall–Kier alpha value is -0.530. The normalized spacial score (nSPS) is 16.1. The van der Waals surface area contributed by atoms with Gasteiger partial charge in [0.25, 0.3) is 0 Å². The molecular formula is C16H29O2. The molecule has 1 fully saturated rings. The Morgan fingerprint density at radius 1 is 1.00 bits per heavy atom. The minimum Gasteiger partial charge on any atom is -0.465 e. The fourth-order valence-electron chi connectivity index (χ4n) is 2.61. The zero-order chi connectivity index (χ0) is 13.1. The highest BCUT2D eigenvalue weighted by Gasteiger charge is 2.16. The number of carbonyl (C=O) groups is 1. The fourth-order valence-corrected chi connectivity index (χ4v) is 2.61. The molecule has 0 saturated heterocycles. The highest BCUT2D eigenvalue weighted by atomic mass is 16.5. The Bertz CT molecular complexity index is 207. The van der Waals surface area contributed by atoms with Crippen molar-refractivity contribution in [2.75, 3.05) is 6.61 Å². The van der Waals surface area contributed by atoms with E-state index in [0.29, 0.717) is 18.9 Å².